The molecule has 0 atom stereocenters. The van der Waals surface area contributed by atoms with Gasteiger partial charge < -0.3 is 14.7 Å². The molecule has 0 spiro atoms. The van der Waals surface area contributed by atoms with Crippen molar-refractivity contribution < 1.29 is 4.52 Å². The van der Waals surface area contributed by atoms with E-state index in [1.807, 2.05) is 24.5 Å². The molecule has 25 heavy (non-hydrogen) atoms. The number of aromatic nitrogens is 1. The highest BCUT2D eigenvalue weighted by Crippen LogP contribution is 2.23. The minimum Gasteiger partial charge on any atom is -0.359 e. The SMILES string of the molecule is CCc1cc(CNC(=NC)N2CCN(Cc3ccc(Br)s3)CC2)on1. The molecule has 0 saturated carbocycles. The van der Waals surface area contributed by atoms with E-state index >= 15 is 0 Å². The number of hydrogen-bond acceptors (Lipinski definition) is 5. The number of nitrogens with zero attached hydrogens (tertiary/aromatic N) is 4. The fraction of sp³-hybridized carbons (Fsp3) is 0.529. The van der Waals surface area contributed by atoms with Crippen molar-refractivity contribution in [2.45, 2.75) is 26.4 Å². The van der Waals surface area contributed by atoms with Crippen molar-refractivity contribution in [1.29, 1.82) is 0 Å². The fourth-order valence-electron chi connectivity index (χ4n) is 2.88. The first-order valence-electron chi connectivity index (χ1n) is 8.54. The molecular formula is C17H24BrN5OS. The first-order valence-corrected chi connectivity index (χ1v) is 10.2. The maximum absolute atomic E-state index is 5.33. The van der Waals surface area contributed by atoms with Gasteiger partial charge in [-0.2, -0.15) is 0 Å². The molecule has 0 unspecified atom stereocenters. The molecule has 2 aromatic rings. The number of aryl methyl sites for hydroxylation is 1. The summed E-state index contributed by atoms with van der Waals surface area (Å²) >= 11 is 5.34. The zero-order valence-corrected chi connectivity index (χ0v) is 17.1. The second kappa shape index (κ2) is 8.82. The maximum Gasteiger partial charge on any atom is 0.194 e. The van der Waals surface area contributed by atoms with Gasteiger partial charge in [-0.15, -0.1) is 11.3 Å². The molecular weight excluding hydrogens is 402 g/mol. The van der Waals surface area contributed by atoms with E-state index < -0.39 is 0 Å². The van der Waals surface area contributed by atoms with Crippen LogP contribution in [0.2, 0.25) is 0 Å². The summed E-state index contributed by atoms with van der Waals surface area (Å²) < 4.78 is 6.52. The van der Waals surface area contributed by atoms with Crippen LogP contribution in [0.15, 0.2) is 31.5 Å². The molecule has 0 aliphatic carbocycles. The Hall–Kier alpha value is -1.38. The molecule has 3 heterocycles. The third kappa shape index (κ3) is 5.05. The van der Waals surface area contributed by atoms with Gasteiger partial charge in [-0.1, -0.05) is 12.1 Å². The molecule has 0 amide bonds. The van der Waals surface area contributed by atoms with Crippen molar-refractivity contribution in [2.24, 2.45) is 4.99 Å². The Bertz CT molecular complexity index is 705. The Kier molecular flexibility index (Phi) is 6.50. The van der Waals surface area contributed by atoms with Crippen LogP contribution in [0.3, 0.4) is 0 Å². The predicted octanol–water partition coefficient (Wildman–Crippen LogP) is 2.95. The van der Waals surface area contributed by atoms with Gasteiger partial charge in [0.15, 0.2) is 11.7 Å². The fourth-order valence-corrected chi connectivity index (χ4v) is 4.40. The predicted molar refractivity (Wildman–Crippen MR) is 105 cm³/mol. The van der Waals surface area contributed by atoms with Gasteiger partial charge in [0, 0.05) is 50.7 Å². The molecule has 1 aliphatic heterocycles. The first kappa shape index (κ1) is 18.4. The second-order valence-electron chi connectivity index (χ2n) is 6.01. The molecule has 1 N–H and O–H groups in total. The van der Waals surface area contributed by atoms with Crippen LogP contribution < -0.4 is 5.32 Å². The van der Waals surface area contributed by atoms with E-state index in [4.69, 9.17) is 4.52 Å². The van der Waals surface area contributed by atoms with Gasteiger partial charge in [0.2, 0.25) is 0 Å². The number of nitrogens with one attached hydrogen (secondary N) is 1. The summed E-state index contributed by atoms with van der Waals surface area (Å²) in [5.74, 6) is 1.77. The first-order chi connectivity index (χ1) is 12.2. The third-order valence-corrected chi connectivity index (χ3v) is 5.89. The van der Waals surface area contributed by atoms with E-state index in [2.05, 4.69) is 60.3 Å². The summed E-state index contributed by atoms with van der Waals surface area (Å²) in [6.07, 6.45) is 0.890. The van der Waals surface area contributed by atoms with E-state index in [0.717, 1.165) is 56.6 Å². The normalized spacial score (nSPS) is 16.4. The topological polar surface area (TPSA) is 56.9 Å². The van der Waals surface area contributed by atoms with Gasteiger partial charge >= 0.3 is 0 Å². The summed E-state index contributed by atoms with van der Waals surface area (Å²) in [4.78, 5) is 10.6. The van der Waals surface area contributed by atoms with Crippen LogP contribution in [0, 0.1) is 0 Å². The van der Waals surface area contributed by atoms with Gasteiger partial charge in [0.05, 0.1) is 16.0 Å². The Balaban J connectivity index is 1.46. The summed E-state index contributed by atoms with van der Waals surface area (Å²) in [6, 6.07) is 6.32. The Morgan fingerprint density at radius 2 is 2.16 bits per heavy atom. The van der Waals surface area contributed by atoms with E-state index in [1.165, 1.54) is 8.66 Å². The van der Waals surface area contributed by atoms with Crippen molar-refractivity contribution in [3.8, 4) is 0 Å². The number of thiophene rings is 1. The lowest BCUT2D eigenvalue weighted by atomic mass is 10.3. The number of piperazine rings is 1. The monoisotopic (exact) mass is 425 g/mol. The zero-order chi connectivity index (χ0) is 17.6. The quantitative estimate of drug-likeness (QED) is 0.589. The molecule has 2 aromatic heterocycles. The Morgan fingerprint density at radius 3 is 2.76 bits per heavy atom. The highest BCUT2D eigenvalue weighted by Gasteiger charge is 2.20. The zero-order valence-electron chi connectivity index (χ0n) is 14.7. The molecule has 0 radical (unpaired) electrons. The average molecular weight is 426 g/mol. The molecule has 6 nitrogen and oxygen atoms in total. The van der Waals surface area contributed by atoms with Crippen LogP contribution in [0.5, 0.6) is 0 Å². The molecule has 0 bridgehead atoms. The summed E-state index contributed by atoms with van der Waals surface area (Å²) in [7, 11) is 1.83. The van der Waals surface area contributed by atoms with E-state index in [0.29, 0.717) is 6.54 Å². The summed E-state index contributed by atoms with van der Waals surface area (Å²) in [6.45, 7) is 7.74. The van der Waals surface area contributed by atoms with Crippen molar-refractivity contribution in [3.05, 3.63) is 38.3 Å². The third-order valence-electron chi connectivity index (χ3n) is 4.28. The van der Waals surface area contributed by atoms with Crippen LogP contribution >= 0.6 is 27.3 Å². The summed E-state index contributed by atoms with van der Waals surface area (Å²) in [5, 5.41) is 7.41. The molecule has 1 saturated heterocycles. The van der Waals surface area contributed by atoms with Crippen LogP contribution in [-0.4, -0.2) is 54.1 Å². The van der Waals surface area contributed by atoms with Gasteiger partial charge in [0.1, 0.15) is 0 Å². The maximum atomic E-state index is 5.33. The molecule has 1 aliphatic rings. The highest BCUT2D eigenvalue weighted by molar-refractivity contribution is 9.11. The molecule has 136 valence electrons. The lowest BCUT2D eigenvalue weighted by Crippen LogP contribution is -2.51. The number of halogens is 1. The lowest BCUT2D eigenvalue weighted by Gasteiger charge is -2.36. The van der Waals surface area contributed by atoms with Crippen LogP contribution in [0.25, 0.3) is 0 Å². The molecule has 0 aromatic carbocycles. The van der Waals surface area contributed by atoms with Gasteiger partial charge in [-0.25, -0.2) is 0 Å². The smallest absolute Gasteiger partial charge is 0.194 e. The van der Waals surface area contributed by atoms with Crippen molar-refractivity contribution in [1.82, 2.24) is 20.3 Å². The van der Waals surface area contributed by atoms with E-state index in [1.54, 1.807) is 0 Å². The van der Waals surface area contributed by atoms with E-state index in [-0.39, 0.29) is 0 Å². The lowest BCUT2D eigenvalue weighted by molar-refractivity contribution is 0.173. The van der Waals surface area contributed by atoms with Crippen molar-refractivity contribution in [2.75, 3.05) is 33.2 Å². The largest absolute Gasteiger partial charge is 0.359 e. The van der Waals surface area contributed by atoms with Gasteiger partial charge in [-0.05, 0) is 34.5 Å². The van der Waals surface area contributed by atoms with Gasteiger partial charge in [-0.3, -0.25) is 9.89 Å². The second-order valence-corrected chi connectivity index (χ2v) is 8.56. The molecule has 8 heteroatoms. The highest BCUT2D eigenvalue weighted by atomic mass is 79.9. The number of guanidine groups is 1. The molecule has 3 rings (SSSR count). The van der Waals surface area contributed by atoms with Crippen molar-refractivity contribution >= 4 is 33.2 Å². The Labute approximate surface area is 161 Å². The van der Waals surface area contributed by atoms with Crippen LogP contribution in [-0.2, 0) is 19.5 Å². The van der Waals surface area contributed by atoms with Crippen LogP contribution in [0.1, 0.15) is 23.3 Å². The van der Waals surface area contributed by atoms with E-state index in [9.17, 15) is 0 Å². The summed E-state index contributed by atoms with van der Waals surface area (Å²) in [5.41, 5.74) is 0.987. The van der Waals surface area contributed by atoms with Gasteiger partial charge in [0.25, 0.3) is 0 Å². The minimum atomic E-state index is 0.614. The average Bonchev–Trinajstić information content (AvgIpc) is 3.25. The number of hydrogen-bond donors (Lipinski definition) is 1. The number of aliphatic imine (C=N–C) groups is 1. The van der Waals surface area contributed by atoms with Crippen LogP contribution in [0.4, 0.5) is 0 Å². The van der Waals surface area contributed by atoms with Crippen molar-refractivity contribution in [3.63, 3.8) is 0 Å². The Morgan fingerprint density at radius 1 is 1.36 bits per heavy atom. The minimum absolute atomic E-state index is 0.614. The standard InChI is InChI=1S/C17H24BrN5OS/c1-3-13-10-14(24-21-13)11-20-17(19-2)23-8-6-22(7-9-23)12-15-4-5-16(18)25-15/h4-5,10H,3,6-9,11-12H2,1-2H3,(H,19,20). The molecule has 1 fully saturated rings. The number of rotatable bonds is 5.